The topological polar surface area (TPSA) is 50.4 Å². The molecule has 4 nitrogen and oxygen atoms in total. The van der Waals surface area contributed by atoms with Gasteiger partial charge in [-0.25, -0.2) is 0 Å². The van der Waals surface area contributed by atoms with Crippen LogP contribution in [0.5, 0.6) is 5.75 Å². The number of amides is 1. The first-order valence-electron chi connectivity index (χ1n) is 7.07. The monoisotopic (exact) mass is 296 g/mol. The highest BCUT2D eigenvalue weighted by molar-refractivity contribution is 5.85. The van der Waals surface area contributed by atoms with Crippen LogP contribution in [-0.2, 0) is 4.79 Å². The Morgan fingerprint density at radius 1 is 1.35 bits per heavy atom. The van der Waals surface area contributed by atoms with Crippen LogP contribution in [0.4, 0.5) is 0 Å². The molecule has 0 aromatic heterocycles. The summed E-state index contributed by atoms with van der Waals surface area (Å²) < 4.78 is 5.61. The zero-order chi connectivity index (χ0) is 13.1. The molecule has 0 radical (unpaired) electrons. The lowest BCUT2D eigenvalue weighted by Crippen LogP contribution is -2.36. The van der Waals surface area contributed by atoms with E-state index >= 15 is 0 Å². The number of fused-ring (bicyclic) bond motifs is 1. The molecule has 1 aromatic carbocycles. The van der Waals surface area contributed by atoms with Crippen LogP contribution in [0.2, 0.25) is 0 Å². The van der Waals surface area contributed by atoms with Gasteiger partial charge in [0.2, 0.25) is 5.91 Å². The van der Waals surface area contributed by atoms with Gasteiger partial charge in [0.1, 0.15) is 5.75 Å². The Morgan fingerprint density at radius 3 is 3.00 bits per heavy atom. The third-order valence-electron chi connectivity index (χ3n) is 3.89. The van der Waals surface area contributed by atoms with Crippen molar-refractivity contribution < 1.29 is 9.53 Å². The lowest BCUT2D eigenvalue weighted by atomic mass is 10.00. The largest absolute Gasteiger partial charge is 0.493 e. The molecule has 1 amide bonds. The van der Waals surface area contributed by atoms with E-state index in [0.717, 1.165) is 30.7 Å². The fourth-order valence-corrected chi connectivity index (χ4v) is 2.90. The summed E-state index contributed by atoms with van der Waals surface area (Å²) in [5.74, 6) is 1.04. The Morgan fingerprint density at radius 2 is 2.20 bits per heavy atom. The number of nitrogens with one attached hydrogen (secondary N) is 2. The first-order valence-corrected chi connectivity index (χ1v) is 7.07. The number of benzene rings is 1. The summed E-state index contributed by atoms with van der Waals surface area (Å²) in [6.07, 6.45) is 3.72. The molecule has 0 bridgehead atoms. The van der Waals surface area contributed by atoms with Gasteiger partial charge >= 0.3 is 0 Å². The molecule has 0 aliphatic carbocycles. The molecule has 2 N–H and O–H groups in total. The Labute approximate surface area is 125 Å². The fraction of sp³-hybridized carbons (Fsp3) is 0.533. The Hall–Kier alpha value is -1.26. The minimum atomic E-state index is 0. The second-order valence-electron chi connectivity index (χ2n) is 5.29. The summed E-state index contributed by atoms with van der Waals surface area (Å²) >= 11 is 0. The van der Waals surface area contributed by atoms with Gasteiger partial charge in [-0.1, -0.05) is 18.2 Å². The van der Waals surface area contributed by atoms with Crippen molar-refractivity contribution in [3.8, 4) is 5.75 Å². The van der Waals surface area contributed by atoms with Crippen LogP contribution < -0.4 is 15.4 Å². The Bertz CT molecular complexity index is 461. The lowest BCUT2D eigenvalue weighted by molar-refractivity contribution is -0.122. The van der Waals surface area contributed by atoms with Crippen LogP contribution in [-0.4, -0.2) is 25.1 Å². The van der Waals surface area contributed by atoms with E-state index in [1.807, 2.05) is 24.3 Å². The average molecular weight is 297 g/mol. The van der Waals surface area contributed by atoms with E-state index in [2.05, 4.69) is 10.6 Å². The van der Waals surface area contributed by atoms with Crippen molar-refractivity contribution in [2.45, 2.75) is 37.8 Å². The zero-order valence-electron chi connectivity index (χ0n) is 11.4. The molecule has 2 heterocycles. The van der Waals surface area contributed by atoms with Gasteiger partial charge in [0, 0.05) is 24.4 Å². The fourth-order valence-electron chi connectivity index (χ4n) is 2.90. The molecule has 2 atom stereocenters. The number of carbonyl (C=O) groups excluding carboxylic acids is 1. The molecule has 1 aromatic rings. The number of rotatable bonds is 3. The molecule has 2 aliphatic heterocycles. The van der Waals surface area contributed by atoms with E-state index in [1.54, 1.807) is 0 Å². The average Bonchev–Trinajstić information content (AvgIpc) is 2.92. The van der Waals surface area contributed by atoms with Gasteiger partial charge < -0.3 is 15.4 Å². The van der Waals surface area contributed by atoms with Gasteiger partial charge in [-0.3, -0.25) is 4.79 Å². The molecular formula is C15H21ClN2O2. The summed E-state index contributed by atoms with van der Waals surface area (Å²) in [5.41, 5.74) is 1.10. The van der Waals surface area contributed by atoms with Gasteiger partial charge in [0.15, 0.2) is 0 Å². The maximum absolute atomic E-state index is 12.1. The van der Waals surface area contributed by atoms with E-state index in [9.17, 15) is 4.79 Å². The van der Waals surface area contributed by atoms with E-state index in [1.165, 1.54) is 6.42 Å². The molecule has 1 saturated heterocycles. The van der Waals surface area contributed by atoms with Crippen molar-refractivity contribution in [2.75, 3.05) is 13.2 Å². The molecule has 3 rings (SSSR count). The molecular weight excluding hydrogens is 276 g/mol. The van der Waals surface area contributed by atoms with E-state index in [0.29, 0.717) is 19.1 Å². The predicted molar refractivity (Wildman–Crippen MR) is 80.3 cm³/mol. The molecule has 20 heavy (non-hydrogen) atoms. The lowest BCUT2D eigenvalue weighted by Gasteiger charge is -2.27. The highest BCUT2D eigenvalue weighted by Gasteiger charge is 2.24. The molecule has 110 valence electrons. The van der Waals surface area contributed by atoms with Crippen molar-refractivity contribution in [1.29, 1.82) is 0 Å². The van der Waals surface area contributed by atoms with Crippen molar-refractivity contribution in [2.24, 2.45) is 0 Å². The van der Waals surface area contributed by atoms with Gasteiger partial charge in [-0.05, 0) is 25.5 Å². The zero-order valence-corrected chi connectivity index (χ0v) is 12.2. The van der Waals surface area contributed by atoms with Crippen molar-refractivity contribution in [3.63, 3.8) is 0 Å². The van der Waals surface area contributed by atoms with E-state index in [-0.39, 0.29) is 24.4 Å². The van der Waals surface area contributed by atoms with Crippen LogP contribution in [0.25, 0.3) is 0 Å². The highest BCUT2D eigenvalue weighted by Crippen LogP contribution is 2.31. The normalized spacial score (nSPS) is 24.2. The Kier molecular flexibility index (Phi) is 5.26. The number of carbonyl (C=O) groups is 1. The van der Waals surface area contributed by atoms with E-state index in [4.69, 9.17) is 4.74 Å². The molecule has 1 fully saturated rings. The SMILES string of the molecule is Cl.O=C(CC1CCCN1)NC1CCOc2ccccc21. The quantitative estimate of drug-likeness (QED) is 0.899. The highest BCUT2D eigenvalue weighted by atomic mass is 35.5. The maximum atomic E-state index is 12.1. The second-order valence-corrected chi connectivity index (χ2v) is 5.29. The number of hydrogen-bond donors (Lipinski definition) is 2. The van der Waals surface area contributed by atoms with Crippen LogP contribution in [0, 0.1) is 0 Å². The van der Waals surface area contributed by atoms with Crippen molar-refractivity contribution in [1.82, 2.24) is 10.6 Å². The van der Waals surface area contributed by atoms with Crippen molar-refractivity contribution >= 4 is 18.3 Å². The first kappa shape index (κ1) is 15.1. The summed E-state index contributed by atoms with van der Waals surface area (Å²) in [6.45, 7) is 1.71. The van der Waals surface area contributed by atoms with Gasteiger partial charge in [-0.2, -0.15) is 0 Å². The molecule has 0 spiro atoms. The van der Waals surface area contributed by atoms with Gasteiger partial charge in [0.25, 0.3) is 0 Å². The van der Waals surface area contributed by atoms with Crippen LogP contribution >= 0.6 is 12.4 Å². The van der Waals surface area contributed by atoms with E-state index < -0.39 is 0 Å². The smallest absolute Gasteiger partial charge is 0.222 e. The first-order chi connectivity index (χ1) is 9.33. The van der Waals surface area contributed by atoms with Crippen LogP contribution in [0.3, 0.4) is 0 Å². The molecule has 2 aliphatic rings. The van der Waals surface area contributed by atoms with Crippen LogP contribution in [0.15, 0.2) is 24.3 Å². The molecule has 2 unspecified atom stereocenters. The number of ether oxygens (including phenoxy) is 1. The summed E-state index contributed by atoms with van der Waals surface area (Å²) in [7, 11) is 0. The summed E-state index contributed by atoms with van der Waals surface area (Å²) in [5, 5.41) is 6.50. The Balaban J connectivity index is 0.00000147. The second kappa shape index (κ2) is 6.95. The van der Waals surface area contributed by atoms with Crippen LogP contribution in [0.1, 0.15) is 37.3 Å². The third kappa shape index (κ3) is 3.44. The summed E-state index contributed by atoms with van der Waals surface area (Å²) in [4.78, 5) is 12.1. The summed E-state index contributed by atoms with van der Waals surface area (Å²) in [6, 6.07) is 8.41. The standard InChI is InChI=1S/C15H20N2O2.ClH/c18-15(10-11-4-3-8-16-11)17-13-7-9-19-14-6-2-1-5-12(13)14;/h1-2,5-6,11,13,16H,3-4,7-10H2,(H,17,18);1H. The van der Waals surface area contributed by atoms with Gasteiger partial charge in [-0.15, -0.1) is 12.4 Å². The van der Waals surface area contributed by atoms with Crippen molar-refractivity contribution in [3.05, 3.63) is 29.8 Å². The number of halogens is 1. The predicted octanol–water partition coefficient (Wildman–Crippen LogP) is 2.19. The maximum Gasteiger partial charge on any atom is 0.222 e. The third-order valence-corrected chi connectivity index (χ3v) is 3.89. The minimum absolute atomic E-state index is 0. The number of para-hydroxylation sites is 1. The minimum Gasteiger partial charge on any atom is -0.493 e. The number of hydrogen-bond acceptors (Lipinski definition) is 3. The molecule has 5 heteroatoms. The molecule has 0 saturated carbocycles. The van der Waals surface area contributed by atoms with Gasteiger partial charge in [0.05, 0.1) is 12.6 Å².